The number of ether oxygens (including phenoxy) is 2. The molecule has 0 fully saturated rings. The van der Waals surface area contributed by atoms with Gasteiger partial charge in [0.05, 0.1) is 12.2 Å². The van der Waals surface area contributed by atoms with Crippen LogP contribution in [0.15, 0.2) is 60.0 Å². The van der Waals surface area contributed by atoms with Crippen molar-refractivity contribution < 1.29 is 28.2 Å². The number of rotatable bonds is 6. The van der Waals surface area contributed by atoms with E-state index in [1.165, 1.54) is 30.3 Å². The minimum absolute atomic E-state index is 0.132. The number of nitrogens with one attached hydrogen (secondary N) is 2. The zero-order chi connectivity index (χ0) is 21.5. The van der Waals surface area contributed by atoms with Gasteiger partial charge in [0.15, 0.2) is 0 Å². The highest BCUT2D eigenvalue weighted by molar-refractivity contribution is 7.14. The van der Waals surface area contributed by atoms with Crippen LogP contribution in [0.4, 0.5) is 14.2 Å². The fourth-order valence-electron chi connectivity index (χ4n) is 2.40. The van der Waals surface area contributed by atoms with E-state index in [-0.39, 0.29) is 18.0 Å². The number of hydrogen-bond donors (Lipinski definition) is 2. The highest BCUT2D eigenvalue weighted by Crippen LogP contribution is 2.25. The number of carbonyl (C=O) groups is 3. The number of benzene rings is 2. The molecule has 0 atom stereocenters. The van der Waals surface area contributed by atoms with Crippen molar-refractivity contribution >= 4 is 34.2 Å². The predicted molar refractivity (Wildman–Crippen MR) is 110 cm³/mol. The second-order valence-electron chi connectivity index (χ2n) is 5.87. The molecule has 2 aromatic carbocycles. The van der Waals surface area contributed by atoms with Gasteiger partial charge in [-0.3, -0.25) is 14.9 Å². The molecule has 0 bridgehead atoms. The smallest absolute Gasteiger partial charge is 0.414 e. The fourth-order valence-corrected chi connectivity index (χ4v) is 3.18. The molecule has 0 aliphatic heterocycles. The minimum Gasteiger partial charge on any atom is -0.457 e. The van der Waals surface area contributed by atoms with E-state index in [1.54, 1.807) is 36.6 Å². The molecule has 1 heterocycles. The van der Waals surface area contributed by atoms with Gasteiger partial charge in [-0.25, -0.2) is 9.18 Å². The molecule has 0 radical (unpaired) electrons. The van der Waals surface area contributed by atoms with E-state index in [1.807, 2.05) is 0 Å². The quantitative estimate of drug-likeness (QED) is 0.587. The zero-order valence-corrected chi connectivity index (χ0v) is 16.6. The topological polar surface area (TPSA) is 93.7 Å². The molecule has 0 aliphatic carbocycles. The number of halogens is 1. The van der Waals surface area contributed by atoms with Crippen LogP contribution < -0.4 is 15.4 Å². The number of alkyl carbamates (subject to hydrolysis) is 1. The van der Waals surface area contributed by atoms with Crippen molar-refractivity contribution in [1.29, 1.82) is 0 Å². The lowest BCUT2D eigenvalue weighted by Crippen LogP contribution is -2.31. The third-order valence-corrected chi connectivity index (χ3v) is 4.62. The van der Waals surface area contributed by atoms with Gasteiger partial charge >= 0.3 is 6.09 Å². The van der Waals surface area contributed by atoms with Crippen molar-refractivity contribution in [3.05, 3.63) is 76.9 Å². The predicted octanol–water partition coefficient (Wildman–Crippen LogP) is 4.82. The molecule has 7 nitrogen and oxygen atoms in total. The van der Waals surface area contributed by atoms with E-state index in [9.17, 15) is 18.8 Å². The van der Waals surface area contributed by atoms with E-state index in [0.29, 0.717) is 22.1 Å². The number of thiophene rings is 1. The number of carbonyl (C=O) groups excluding carboxylic acids is 3. The molecule has 3 aromatic rings. The molecule has 0 saturated carbocycles. The van der Waals surface area contributed by atoms with Gasteiger partial charge in [-0.1, -0.05) is 0 Å². The van der Waals surface area contributed by atoms with E-state index in [4.69, 9.17) is 4.74 Å². The highest BCUT2D eigenvalue weighted by atomic mass is 32.1. The summed E-state index contributed by atoms with van der Waals surface area (Å²) in [5.74, 6) is -0.532. The van der Waals surface area contributed by atoms with Gasteiger partial charge in [0.2, 0.25) is 0 Å². The number of amides is 3. The van der Waals surface area contributed by atoms with E-state index in [2.05, 4.69) is 15.4 Å². The van der Waals surface area contributed by atoms with Gasteiger partial charge in [0.25, 0.3) is 11.8 Å². The first-order chi connectivity index (χ1) is 14.5. The Labute approximate surface area is 175 Å². The van der Waals surface area contributed by atoms with Crippen LogP contribution in [0.5, 0.6) is 11.5 Å². The maximum Gasteiger partial charge on any atom is 0.414 e. The first-order valence-electron chi connectivity index (χ1n) is 8.86. The van der Waals surface area contributed by atoms with Crippen LogP contribution in [-0.2, 0) is 4.74 Å². The maximum atomic E-state index is 13.0. The highest BCUT2D eigenvalue weighted by Gasteiger charge is 2.18. The van der Waals surface area contributed by atoms with Crippen molar-refractivity contribution in [2.24, 2.45) is 0 Å². The molecule has 3 amide bonds. The Hall–Kier alpha value is -3.72. The molecular formula is C21H17FN2O5S. The van der Waals surface area contributed by atoms with Crippen LogP contribution >= 0.6 is 11.3 Å². The van der Waals surface area contributed by atoms with Crippen molar-refractivity contribution in [1.82, 2.24) is 5.32 Å². The van der Waals surface area contributed by atoms with E-state index < -0.39 is 17.9 Å². The Balaban J connectivity index is 1.64. The van der Waals surface area contributed by atoms with Crippen LogP contribution in [-0.4, -0.2) is 24.5 Å². The molecule has 9 heteroatoms. The van der Waals surface area contributed by atoms with Gasteiger partial charge in [0.1, 0.15) is 22.3 Å². The fraction of sp³-hybridized carbons (Fsp3) is 0.0952. The summed E-state index contributed by atoms with van der Waals surface area (Å²) < 4.78 is 23.2. The average Bonchev–Trinajstić information content (AvgIpc) is 3.18. The Morgan fingerprint density at radius 2 is 1.57 bits per heavy atom. The van der Waals surface area contributed by atoms with Crippen LogP contribution in [0.1, 0.15) is 27.6 Å². The van der Waals surface area contributed by atoms with Crippen molar-refractivity contribution in [3.8, 4) is 11.5 Å². The molecule has 1 aromatic heterocycles. The van der Waals surface area contributed by atoms with E-state index >= 15 is 0 Å². The van der Waals surface area contributed by atoms with E-state index in [0.717, 1.165) is 11.3 Å². The van der Waals surface area contributed by atoms with Crippen LogP contribution in [0, 0.1) is 5.82 Å². The zero-order valence-electron chi connectivity index (χ0n) is 15.8. The van der Waals surface area contributed by atoms with Crippen LogP contribution in [0.2, 0.25) is 0 Å². The Kier molecular flexibility index (Phi) is 6.76. The summed E-state index contributed by atoms with van der Waals surface area (Å²) in [6.45, 7) is 1.75. The Morgan fingerprint density at radius 1 is 0.933 bits per heavy atom. The Bertz CT molecular complexity index is 1050. The van der Waals surface area contributed by atoms with Gasteiger partial charge in [-0.2, -0.15) is 0 Å². The molecule has 154 valence electrons. The van der Waals surface area contributed by atoms with Crippen molar-refractivity contribution in [3.63, 3.8) is 0 Å². The van der Waals surface area contributed by atoms with Crippen LogP contribution in [0.25, 0.3) is 0 Å². The summed E-state index contributed by atoms with van der Waals surface area (Å²) in [5, 5.41) is 6.66. The van der Waals surface area contributed by atoms with Crippen LogP contribution in [0.3, 0.4) is 0 Å². The molecule has 0 aliphatic rings. The monoisotopic (exact) mass is 428 g/mol. The molecule has 0 saturated heterocycles. The summed E-state index contributed by atoms with van der Waals surface area (Å²) in [7, 11) is 0. The SMILES string of the molecule is CCOC(=O)NC(=O)c1ccsc1NC(=O)c1ccc(Oc2ccc(F)cc2)cc1. The van der Waals surface area contributed by atoms with Crippen molar-refractivity contribution in [2.75, 3.05) is 11.9 Å². The first-order valence-corrected chi connectivity index (χ1v) is 9.74. The largest absolute Gasteiger partial charge is 0.457 e. The number of imide groups is 1. The Morgan fingerprint density at radius 3 is 2.20 bits per heavy atom. The number of anilines is 1. The minimum atomic E-state index is -0.859. The lowest BCUT2D eigenvalue weighted by molar-refractivity contribution is 0.0926. The normalized spacial score (nSPS) is 10.2. The maximum absolute atomic E-state index is 13.0. The second-order valence-corrected chi connectivity index (χ2v) is 6.79. The summed E-state index contributed by atoms with van der Waals surface area (Å²) in [6, 6.07) is 13.4. The van der Waals surface area contributed by atoms with Crippen molar-refractivity contribution in [2.45, 2.75) is 6.92 Å². The lowest BCUT2D eigenvalue weighted by Gasteiger charge is -2.08. The van der Waals surface area contributed by atoms with Gasteiger partial charge in [0, 0.05) is 5.56 Å². The lowest BCUT2D eigenvalue weighted by atomic mass is 10.2. The third kappa shape index (κ3) is 5.42. The molecule has 3 rings (SSSR count). The van der Waals surface area contributed by atoms with Gasteiger partial charge < -0.3 is 14.8 Å². The number of hydrogen-bond acceptors (Lipinski definition) is 6. The standard InChI is InChI=1S/C21H17FN2O5S/c1-2-28-21(27)24-19(26)17-11-12-30-20(17)23-18(25)13-3-7-15(8-4-13)29-16-9-5-14(22)6-10-16/h3-12H,2H2,1H3,(H,23,25)(H,24,26,27). The molecule has 0 unspecified atom stereocenters. The van der Waals surface area contributed by atoms with Gasteiger partial charge in [-0.15, -0.1) is 11.3 Å². The molecule has 2 N–H and O–H groups in total. The molecule has 0 spiro atoms. The summed E-state index contributed by atoms with van der Waals surface area (Å²) >= 11 is 1.15. The molecular weight excluding hydrogens is 411 g/mol. The average molecular weight is 428 g/mol. The molecule has 30 heavy (non-hydrogen) atoms. The summed E-state index contributed by atoms with van der Waals surface area (Å²) in [4.78, 5) is 36.1. The first kappa shape index (κ1) is 21.0. The summed E-state index contributed by atoms with van der Waals surface area (Å²) in [6.07, 6.45) is -0.859. The second kappa shape index (κ2) is 9.66. The van der Waals surface area contributed by atoms with Gasteiger partial charge in [-0.05, 0) is 66.9 Å². The summed E-state index contributed by atoms with van der Waals surface area (Å²) in [5.41, 5.74) is 0.490. The third-order valence-electron chi connectivity index (χ3n) is 3.79.